The van der Waals surface area contributed by atoms with Gasteiger partial charge in [0, 0.05) is 49.6 Å². The zero-order valence-electron chi connectivity index (χ0n) is 21.2. The van der Waals surface area contributed by atoms with Crippen molar-refractivity contribution >= 4 is 5.82 Å². The Morgan fingerprint density at radius 1 is 1.00 bits per heavy atom. The maximum Gasteiger partial charge on any atom is 0.389 e. The van der Waals surface area contributed by atoms with E-state index in [9.17, 15) is 18.0 Å². The summed E-state index contributed by atoms with van der Waals surface area (Å²) in [5.74, 6) is 1.06. The molecule has 200 valence electrons. The van der Waals surface area contributed by atoms with Crippen LogP contribution in [0.3, 0.4) is 0 Å². The van der Waals surface area contributed by atoms with E-state index in [-0.39, 0.29) is 35.7 Å². The lowest BCUT2D eigenvalue weighted by molar-refractivity contribution is -0.136. The van der Waals surface area contributed by atoms with Gasteiger partial charge in [-0.2, -0.15) is 18.3 Å². The Kier molecular flexibility index (Phi) is 7.37. The van der Waals surface area contributed by atoms with Crippen LogP contribution in [0, 0.1) is 6.92 Å². The molecule has 4 aromatic rings. The first kappa shape index (κ1) is 26.6. The first-order valence-corrected chi connectivity index (χ1v) is 11.5. The molecular weight excluding hydrogens is 503 g/mol. The van der Waals surface area contributed by atoms with Crippen LogP contribution in [-0.4, -0.2) is 49.7 Å². The highest BCUT2D eigenvalue weighted by atomic mass is 19.4. The molecule has 4 rings (SSSR count). The van der Waals surface area contributed by atoms with Crippen LogP contribution in [0.4, 0.5) is 19.0 Å². The number of ether oxygens (including phenoxy) is 2. The molecule has 0 bridgehead atoms. The molecule has 3 heterocycles. The van der Waals surface area contributed by atoms with E-state index in [1.165, 1.54) is 35.9 Å². The third-order valence-corrected chi connectivity index (χ3v) is 5.81. The van der Waals surface area contributed by atoms with Crippen LogP contribution in [0.2, 0.25) is 0 Å². The van der Waals surface area contributed by atoms with Crippen LogP contribution >= 0.6 is 0 Å². The Morgan fingerprint density at radius 2 is 1.66 bits per heavy atom. The van der Waals surface area contributed by atoms with Crippen molar-refractivity contribution in [2.24, 2.45) is 7.05 Å². The van der Waals surface area contributed by atoms with Gasteiger partial charge >= 0.3 is 6.18 Å². The Hall–Kier alpha value is -4.42. The van der Waals surface area contributed by atoms with Crippen molar-refractivity contribution in [3.63, 3.8) is 0 Å². The van der Waals surface area contributed by atoms with Crippen LogP contribution in [0.5, 0.6) is 11.5 Å². The summed E-state index contributed by atoms with van der Waals surface area (Å²) in [7, 11) is 4.59. The lowest BCUT2D eigenvalue weighted by Crippen LogP contribution is -2.20. The van der Waals surface area contributed by atoms with E-state index in [1.54, 1.807) is 38.4 Å². The highest BCUT2D eigenvalue weighted by molar-refractivity contribution is 5.73. The molecule has 0 aliphatic heterocycles. The summed E-state index contributed by atoms with van der Waals surface area (Å²) >= 11 is 0. The molecule has 1 aromatic carbocycles. The Labute approximate surface area is 215 Å². The number of nitrogens with zero attached hydrogens (tertiary/aromatic N) is 6. The average molecular weight is 530 g/mol. The summed E-state index contributed by atoms with van der Waals surface area (Å²) in [6, 6.07) is 5.01. The van der Waals surface area contributed by atoms with Crippen molar-refractivity contribution in [1.29, 1.82) is 0 Å². The molecule has 0 spiro atoms. The van der Waals surface area contributed by atoms with Crippen molar-refractivity contribution < 1.29 is 22.6 Å². The van der Waals surface area contributed by atoms with E-state index in [0.717, 1.165) is 0 Å². The van der Waals surface area contributed by atoms with Crippen LogP contribution in [0.15, 0.2) is 41.6 Å². The molecule has 0 atom stereocenters. The maximum atomic E-state index is 13.0. The van der Waals surface area contributed by atoms with Gasteiger partial charge in [0.2, 0.25) is 0 Å². The Bertz CT molecular complexity index is 1510. The van der Waals surface area contributed by atoms with E-state index in [1.807, 2.05) is 0 Å². The molecule has 0 saturated carbocycles. The first-order valence-electron chi connectivity index (χ1n) is 11.5. The number of hydrogen-bond acceptors (Lipinski definition) is 8. The summed E-state index contributed by atoms with van der Waals surface area (Å²) in [6.45, 7) is 1.83. The molecule has 10 nitrogen and oxygen atoms in total. The number of rotatable bonds is 8. The largest absolute Gasteiger partial charge is 0.497 e. The van der Waals surface area contributed by atoms with Crippen LogP contribution in [0.25, 0.3) is 33.9 Å². The van der Waals surface area contributed by atoms with E-state index >= 15 is 0 Å². The van der Waals surface area contributed by atoms with E-state index in [0.29, 0.717) is 39.7 Å². The van der Waals surface area contributed by atoms with E-state index in [2.05, 4.69) is 20.1 Å². The number of anilines is 1. The van der Waals surface area contributed by atoms with Crippen molar-refractivity contribution in [3.05, 3.63) is 52.8 Å². The quantitative estimate of drug-likeness (QED) is 0.363. The highest BCUT2D eigenvalue weighted by Crippen LogP contribution is 2.30. The molecule has 0 unspecified atom stereocenters. The van der Waals surface area contributed by atoms with Crippen molar-refractivity contribution in [2.75, 3.05) is 20.0 Å². The summed E-state index contributed by atoms with van der Waals surface area (Å²) in [5.41, 5.74) is 8.50. The second kappa shape index (κ2) is 10.5. The van der Waals surface area contributed by atoms with Gasteiger partial charge in [-0.3, -0.25) is 9.48 Å². The number of aromatic nitrogens is 6. The topological polar surface area (TPSA) is 123 Å². The zero-order chi connectivity index (χ0) is 27.6. The third kappa shape index (κ3) is 5.76. The number of halogens is 3. The monoisotopic (exact) mass is 529 g/mol. The van der Waals surface area contributed by atoms with Gasteiger partial charge in [0.05, 0.1) is 31.8 Å². The van der Waals surface area contributed by atoms with Gasteiger partial charge in [-0.05, 0) is 25.5 Å². The second-order valence-corrected chi connectivity index (χ2v) is 8.59. The zero-order valence-corrected chi connectivity index (χ0v) is 21.2. The lowest BCUT2D eigenvalue weighted by Gasteiger charge is -2.12. The molecule has 13 heteroatoms. The van der Waals surface area contributed by atoms with Gasteiger partial charge in [-0.15, -0.1) is 0 Å². The lowest BCUT2D eigenvalue weighted by atomic mass is 10.1. The number of alkyl halides is 3. The Balaban J connectivity index is 1.74. The highest BCUT2D eigenvalue weighted by Gasteiger charge is 2.26. The van der Waals surface area contributed by atoms with Gasteiger partial charge in [0.1, 0.15) is 28.6 Å². The summed E-state index contributed by atoms with van der Waals surface area (Å²) in [5, 5.41) is 4.31. The van der Waals surface area contributed by atoms with Crippen molar-refractivity contribution in [2.45, 2.75) is 32.5 Å². The van der Waals surface area contributed by atoms with Gasteiger partial charge in [0.25, 0.3) is 5.56 Å². The summed E-state index contributed by atoms with van der Waals surface area (Å²) in [6.07, 6.45) is -0.632. The first-order chi connectivity index (χ1) is 18.0. The maximum absolute atomic E-state index is 13.0. The van der Waals surface area contributed by atoms with Gasteiger partial charge in [-0.1, -0.05) is 0 Å². The molecule has 0 fully saturated rings. The van der Waals surface area contributed by atoms with Gasteiger partial charge < -0.3 is 19.8 Å². The summed E-state index contributed by atoms with van der Waals surface area (Å²) < 4.78 is 51.0. The van der Waals surface area contributed by atoms with Gasteiger partial charge in [0.15, 0.2) is 5.82 Å². The molecule has 0 aliphatic rings. The number of benzene rings is 1. The Morgan fingerprint density at radius 3 is 2.29 bits per heavy atom. The molecule has 0 amide bonds. The number of hydrogen-bond donors (Lipinski definition) is 1. The fourth-order valence-electron chi connectivity index (χ4n) is 3.89. The second-order valence-electron chi connectivity index (χ2n) is 8.59. The van der Waals surface area contributed by atoms with Crippen LogP contribution in [0.1, 0.15) is 18.5 Å². The van der Waals surface area contributed by atoms with Crippen molar-refractivity contribution in [3.8, 4) is 45.4 Å². The standard InChI is InChI=1S/C25H26F3N7O3/c1-14-18(12-35(33-14)7-5-6-25(26,27)28)19-11-30-23(29)22(31-19)20-13-34(2)24(36)21(32-20)15-8-16(37-3)10-17(9-15)38-4/h8-13H,5-7H2,1-4H3,(H2,29,30). The smallest absolute Gasteiger partial charge is 0.389 e. The summed E-state index contributed by atoms with van der Waals surface area (Å²) in [4.78, 5) is 26.4. The van der Waals surface area contributed by atoms with E-state index < -0.39 is 12.6 Å². The fraction of sp³-hybridized carbons (Fsp3) is 0.320. The molecule has 0 radical (unpaired) electrons. The molecular formula is C25H26F3N7O3. The molecule has 38 heavy (non-hydrogen) atoms. The van der Waals surface area contributed by atoms with E-state index in [4.69, 9.17) is 15.2 Å². The normalized spacial score (nSPS) is 11.6. The third-order valence-electron chi connectivity index (χ3n) is 5.81. The molecule has 0 aliphatic carbocycles. The predicted molar refractivity (Wildman–Crippen MR) is 135 cm³/mol. The number of aryl methyl sites for hydroxylation is 3. The minimum Gasteiger partial charge on any atom is -0.497 e. The number of nitrogen functional groups attached to an aromatic ring is 1. The number of methoxy groups -OCH3 is 2. The minimum absolute atomic E-state index is 0.0873. The van der Waals surface area contributed by atoms with Crippen molar-refractivity contribution in [1.82, 2.24) is 29.3 Å². The van der Waals surface area contributed by atoms with Crippen LogP contribution in [-0.2, 0) is 13.6 Å². The van der Waals surface area contributed by atoms with Gasteiger partial charge in [-0.25, -0.2) is 15.0 Å². The number of nitrogens with two attached hydrogens (primary N) is 1. The molecule has 0 saturated heterocycles. The molecule has 2 N–H and O–H groups in total. The average Bonchev–Trinajstić information content (AvgIpc) is 3.24. The fourth-order valence-corrected chi connectivity index (χ4v) is 3.89. The minimum atomic E-state index is -4.22. The SMILES string of the molecule is COc1cc(OC)cc(-c2nc(-c3nc(-c4cn(CCCC(F)(F)F)nc4C)cnc3N)cn(C)c2=O)c1. The molecule has 3 aromatic heterocycles. The van der Waals surface area contributed by atoms with Crippen LogP contribution < -0.4 is 20.8 Å². The predicted octanol–water partition coefficient (Wildman–Crippen LogP) is 4.02.